The van der Waals surface area contributed by atoms with Crippen LogP contribution in [0.25, 0.3) is 0 Å². The second-order valence-corrected chi connectivity index (χ2v) is 11.4. The van der Waals surface area contributed by atoms with E-state index in [1.54, 1.807) is 6.20 Å². The molecule has 0 radical (unpaired) electrons. The molecule has 190 valence electrons. The summed E-state index contributed by atoms with van der Waals surface area (Å²) in [7, 11) is 2.19. The maximum atomic E-state index is 13.2. The standard InChI is InChI=1S/C29H37N5O2/c1-32-12-7-22(8-13-32)21-2-4-23(5-3-21)27(35)33-14-9-29(10-15-33)16-26(29)18-31-28(36)34-19-24-6-11-30-17-25(24)20-34/h2-6,11,17,22,26H,7-10,12-16,18-20H2,1H3,(H,31,36). The molecule has 4 heterocycles. The molecule has 3 amide bonds. The molecular weight excluding hydrogens is 450 g/mol. The second-order valence-electron chi connectivity index (χ2n) is 11.4. The van der Waals surface area contributed by atoms with Crippen molar-refractivity contribution in [1.29, 1.82) is 0 Å². The summed E-state index contributed by atoms with van der Waals surface area (Å²) >= 11 is 0. The van der Waals surface area contributed by atoms with E-state index >= 15 is 0 Å². The maximum absolute atomic E-state index is 13.2. The van der Waals surface area contributed by atoms with E-state index in [2.05, 4.69) is 34.4 Å². The molecule has 1 spiro atoms. The Morgan fingerprint density at radius 3 is 2.42 bits per heavy atom. The molecule has 1 saturated carbocycles. The molecule has 4 aliphatic rings. The number of amides is 3. The highest BCUT2D eigenvalue weighted by atomic mass is 16.2. The fraction of sp³-hybridized carbons (Fsp3) is 0.552. The minimum Gasteiger partial charge on any atom is -0.339 e. The monoisotopic (exact) mass is 487 g/mol. The van der Waals surface area contributed by atoms with Gasteiger partial charge in [-0.05, 0) is 104 Å². The molecule has 3 fully saturated rings. The second kappa shape index (κ2) is 9.51. The zero-order valence-corrected chi connectivity index (χ0v) is 21.3. The number of benzene rings is 1. The molecule has 2 aromatic rings. The predicted octanol–water partition coefficient (Wildman–Crippen LogP) is 3.86. The van der Waals surface area contributed by atoms with Gasteiger partial charge in [-0.2, -0.15) is 0 Å². The number of urea groups is 1. The van der Waals surface area contributed by atoms with Crippen molar-refractivity contribution >= 4 is 11.9 Å². The molecule has 1 aromatic heterocycles. The molecular formula is C29H37N5O2. The van der Waals surface area contributed by atoms with Crippen molar-refractivity contribution in [1.82, 2.24) is 25.0 Å². The van der Waals surface area contributed by atoms with Gasteiger partial charge in [0.05, 0.1) is 0 Å². The first-order chi connectivity index (χ1) is 17.5. The molecule has 1 aliphatic carbocycles. The smallest absolute Gasteiger partial charge is 0.318 e. The summed E-state index contributed by atoms with van der Waals surface area (Å²) in [6.07, 6.45) is 9.27. The van der Waals surface area contributed by atoms with Crippen molar-refractivity contribution in [2.75, 3.05) is 39.8 Å². The molecule has 1 N–H and O–H groups in total. The van der Waals surface area contributed by atoms with Crippen molar-refractivity contribution in [2.24, 2.45) is 11.3 Å². The van der Waals surface area contributed by atoms with Crippen LogP contribution in [0.5, 0.6) is 0 Å². The van der Waals surface area contributed by atoms with E-state index in [-0.39, 0.29) is 11.9 Å². The van der Waals surface area contributed by atoms with Gasteiger partial charge in [0.1, 0.15) is 0 Å². The van der Waals surface area contributed by atoms with Gasteiger partial charge in [0.15, 0.2) is 0 Å². The lowest BCUT2D eigenvalue weighted by atomic mass is 9.88. The maximum Gasteiger partial charge on any atom is 0.318 e. The average molecular weight is 488 g/mol. The molecule has 6 rings (SSSR count). The van der Waals surface area contributed by atoms with Gasteiger partial charge < -0.3 is 20.0 Å². The van der Waals surface area contributed by atoms with Gasteiger partial charge in [-0.15, -0.1) is 0 Å². The summed E-state index contributed by atoms with van der Waals surface area (Å²) in [5.41, 5.74) is 4.82. The minimum atomic E-state index is 0.0181. The Morgan fingerprint density at radius 1 is 0.972 bits per heavy atom. The third-order valence-corrected chi connectivity index (χ3v) is 9.27. The van der Waals surface area contributed by atoms with Gasteiger partial charge in [-0.25, -0.2) is 4.79 Å². The van der Waals surface area contributed by atoms with Gasteiger partial charge in [0.2, 0.25) is 0 Å². The van der Waals surface area contributed by atoms with E-state index < -0.39 is 0 Å². The van der Waals surface area contributed by atoms with Crippen LogP contribution in [-0.2, 0) is 13.1 Å². The molecule has 1 unspecified atom stereocenters. The Hall–Kier alpha value is -2.93. The highest BCUT2D eigenvalue weighted by Gasteiger charge is 2.54. The van der Waals surface area contributed by atoms with Crippen LogP contribution in [-0.4, -0.2) is 71.4 Å². The molecule has 36 heavy (non-hydrogen) atoms. The van der Waals surface area contributed by atoms with Crippen LogP contribution in [0, 0.1) is 11.3 Å². The molecule has 7 heteroatoms. The van der Waals surface area contributed by atoms with Crippen LogP contribution in [0.3, 0.4) is 0 Å². The van der Waals surface area contributed by atoms with Gasteiger partial charge >= 0.3 is 6.03 Å². The molecule has 1 aromatic carbocycles. The zero-order chi connectivity index (χ0) is 24.7. The number of hydrogen-bond donors (Lipinski definition) is 1. The zero-order valence-electron chi connectivity index (χ0n) is 21.3. The van der Waals surface area contributed by atoms with E-state index in [0.29, 0.717) is 30.3 Å². The Labute approximate surface area is 213 Å². The summed E-state index contributed by atoms with van der Waals surface area (Å²) in [4.78, 5) is 36.3. The van der Waals surface area contributed by atoms with E-state index in [1.807, 2.05) is 34.2 Å². The Kier molecular flexibility index (Phi) is 6.20. The molecule has 2 saturated heterocycles. The van der Waals surface area contributed by atoms with Gasteiger partial charge in [0, 0.05) is 50.7 Å². The number of likely N-dealkylation sites (tertiary alicyclic amines) is 2. The highest BCUT2D eigenvalue weighted by molar-refractivity contribution is 5.94. The van der Waals surface area contributed by atoms with Crippen molar-refractivity contribution in [2.45, 2.75) is 51.1 Å². The Balaban J connectivity index is 0.959. The van der Waals surface area contributed by atoms with E-state index in [9.17, 15) is 9.59 Å². The van der Waals surface area contributed by atoms with Crippen LogP contribution in [0.4, 0.5) is 4.79 Å². The van der Waals surface area contributed by atoms with E-state index in [1.165, 1.54) is 24.0 Å². The van der Waals surface area contributed by atoms with Crippen molar-refractivity contribution in [3.63, 3.8) is 0 Å². The molecule has 0 bridgehead atoms. The first-order valence-corrected chi connectivity index (χ1v) is 13.5. The van der Waals surface area contributed by atoms with Crippen LogP contribution in [0.2, 0.25) is 0 Å². The summed E-state index contributed by atoms with van der Waals surface area (Å²) in [5.74, 6) is 1.30. The fourth-order valence-electron chi connectivity index (χ4n) is 6.60. The quantitative estimate of drug-likeness (QED) is 0.711. The number of nitrogens with one attached hydrogen (secondary N) is 1. The topological polar surface area (TPSA) is 68.8 Å². The van der Waals surface area contributed by atoms with Crippen molar-refractivity contribution in [3.05, 3.63) is 65.0 Å². The number of pyridine rings is 1. The number of rotatable bonds is 4. The third-order valence-electron chi connectivity index (χ3n) is 9.27. The summed E-state index contributed by atoms with van der Waals surface area (Å²) in [5, 5.41) is 3.17. The lowest BCUT2D eigenvalue weighted by Crippen LogP contribution is -2.41. The van der Waals surface area contributed by atoms with E-state index in [0.717, 1.165) is 63.1 Å². The molecule has 7 nitrogen and oxygen atoms in total. The summed E-state index contributed by atoms with van der Waals surface area (Å²) < 4.78 is 0. The summed E-state index contributed by atoms with van der Waals surface area (Å²) in [6.45, 7) is 5.96. The van der Waals surface area contributed by atoms with Gasteiger partial charge in [-0.1, -0.05) is 12.1 Å². The lowest BCUT2D eigenvalue weighted by Gasteiger charge is -2.33. The van der Waals surface area contributed by atoms with E-state index in [4.69, 9.17) is 0 Å². The number of fused-ring (bicyclic) bond motifs is 1. The fourth-order valence-corrected chi connectivity index (χ4v) is 6.60. The van der Waals surface area contributed by atoms with Gasteiger partial charge in [0.25, 0.3) is 5.91 Å². The number of carbonyl (C=O) groups is 2. The first-order valence-electron chi connectivity index (χ1n) is 13.5. The van der Waals surface area contributed by atoms with Crippen LogP contribution >= 0.6 is 0 Å². The highest BCUT2D eigenvalue weighted by Crippen LogP contribution is 2.59. The normalized spacial score (nSPS) is 23.5. The minimum absolute atomic E-state index is 0.0181. The number of aromatic nitrogens is 1. The van der Waals surface area contributed by atoms with Crippen LogP contribution < -0.4 is 5.32 Å². The SMILES string of the molecule is CN1CCC(c2ccc(C(=O)N3CCC4(CC3)CC4CNC(=O)N3Cc4ccncc4C3)cc2)CC1. The molecule has 3 aliphatic heterocycles. The average Bonchev–Trinajstić information content (AvgIpc) is 3.38. The third kappa shape index (κ3) is 4.61. The largest absolute Gasteiger partial charge is 0.339 e. The van der Waals surface area contributed by atoms with Gasteiger partial charge in [-0.3, -0.25) is 9.78 Å². The predicted molar refractivity (Wildman–Crippen MR) is 138 cm³/mol. The van der Waals surface area contributed by atoms with Crippen molar-refractivity contribution < 1.29 is 9.59 Å². The first kappa shape index (κ1) is 23.5. The van der Waals surface area contributed by atoms with Crippen LogP contribution in [0.1, 0.15) is 65.1 Å². The number of carbonyl (C=O) groups excluding carboxylic acids is 2. The molecule has 1 atom stereocenters. The Bertz CT molecular complexity index is 1090. The van der Waals surface area contributed by atoms with Crippen LogP contribution in [0.15, 0.2) is 42.7 Å². The lowest BCUT2D eigenvalue weighted by molar-refractivity contribution is 0.0669. The number of hydrogen-bond acceptors (Lipinski definition) is 4. The number of nitrogens with zero attached hydrogens (tertiary/aromatic N) is 4. The summed E-state index contributed by atoms with van der Waals surface area (Å²) in [6, 6.07) is 10.4. The van der Waals surface area contributed by atoms with Crippen molar-refractivity contribution in [3.8, 4) is 0 Å². The number of piperidine rings is 2. The Morgan fingerprint density at radius 2 is 1.69 bits per heavy atom.